The summed E-state index contributed by atoms with van der Waals surface area (Å²) >= 11 is 0. The molecule has 0 radical (unpaired) electrons. The molecule has 0 aliphatic carbocycles. The van der Waals surface area contributed by atoms with Crippen LogP contribution in [-0.4, -0.2) is 0 Å². The predicted molar refractivity (Wildman–Crippen MR) is 571 cm³/mol. The highest BCUT2D eigenvalue weighted by Crippen LogP contribution is 2.50. The van der Waals surface area contributed by atoms with Crippen molar-refractivity contribution >= 4 is 140 Å². The molecule has 25 rings (SSSR count). The van der Waals surface area contributed by atoms with Gasteiger partial charge in [0.15, 0.2) is 0 Å². The smallest absolute Gasteiger partial charge is 0.00203 e. The Bertz CT molecular complexity index is 8470. The van der Waals surface area contributed by atoms with Gasteiger partial charge < -0.3 is 0 Å². The monoisotopic (exact) mass is 1670 g/mol. The SMILES string of the molecule is Cc1c2ccccc2c(-c2ccc3c(-c4ccccc4)c(-c4ccccc4)c4ccccc4c3c2)c2ccccc12.Cc1c2ccccc2c(-c2ccc3c(C)c(C)c4ccccc4c3c2)c2ccccc12.Cc1c2ccccc2c(-c2ccc3c4ccccc4c4ccccc4c3c2)c2ccccc12.Cc1ccc(-c2ccccc2)cc1.Cc1cccc(-c2ccccc2)c1. The number of benzene rings is 25. The Morgan fingerprint density at radius 2 is 0.282 bits per heavy atom. The van der Waals surface area contributed by atoms with Crippen LogP contribution in [0.1, 0.15) is 38.9 Å². The van der Waals surface area contributed by atoms with Crippen LogP contribution in [0.4, 0.5) is 0 Å². The van der Waals surface area contributed by atoms with Crippen LogP contribution in [0.3, 0.4) is 0 Å². The van der Waals surface area contributed by atoms with Crippen LogP contribution in [0.15, 0.2) is 467 Å². The third-order valence-corrected chi connectivity index (χ3v) is 27.3. The van der Waals surface area contributed by atoms with Crippen LogP contribution in [0.5, 0.6) is 0 Å². The lowest BCUT2D eigenvalue weighted by Gasteiger charge is -2.20. The normalized spacial score (nSPS) is 11.3. The maximum atomic E-state index is 2.43. The molecule has 0 bridgehead atoms. The van der Waals surface area contributed by atoms with Crippen molar-refractivity contribution in [3.63, 3.8) is 0 Å². The first-order valence-corrected chi connectivity index (χ1v) is 45.8. The van der Waals surface area contributed by atoms with Crippen molar-refractivity contribution < 1.29 is 0 Å². The molecule has 0 heterocycles. The van der Waals surface area contributed by atoms with Crippen LogP contribution >= 0.6 is 0 Å². The molecule has 0 heteroatoms. The lowest BCUT2D eigenvalue weighted by Crippen LogP contribution is -1.93. The molecule has 25 aromatic carbocycles. The fraction of sp³-hybridized carbons (Fsp3) is 0.0534. The van der Waals surface area contributed by atoms with E-state index in [0.29, 0.717) is 0 Å². The minimum atomic E-state index is 1.24. The molecule has 0 aliphatic rings. The Morgan fingerprint density at radius 1 is 0.0916 bits per heavy atom. The van der Waals surface area contributed by atoms with Gasteiger partial charge in [0.25, 0.3) is 0 Å². The average Bonchev–Trinajstić information content (AvgIpc) is 0.730. The van der Waals surface area contributed by atoms with Crippen LogP contribution in [0.25, 0.3) is 218 Å². The second kappa shape index (κ2) is 35.6. The van der Waals surface area contributed by atoms with Crippen LogP contribution in [-0.2, 0) is 0 Å². The molecular formula is C131H98. The van der Waals surface area contributed by atoms with Crippen molar-refractivity contribution in [2.45, 2.75) is 48.5 Å². The third kappa shape index (κ3) is 15.3. The van der Waals surface area contributed by atoms with E-state index >= 15 is 0 Å². The Balaban J connectivity index is 0.000000105. The second-order valence-electron chi connectivity index (χ2n) is 34.9. The van der Waals surface area contributed by atoms with E-state index in [1.54, 1.807) is 0 Å². The minimum absolute atomic E-state index is 1.24. The molecule has 0 spiro atoms. The first-order chi connectivity index (χ1) is 64.5. The number of fused-ring (bicyclic) bond motifs is 18. The van der Waals surface area contributed by atoms with E-state index in [2.05, 4.69) is 503 Å². The summed E-state index contributed by atoms with van der Waals surface area (Å²) in [4.78, 5) is 0. The third-order valence-electron chi connectivity index (χ3n) is 27.3. The zero-order chi connectivity index (χ0) is 88.6. The summed E-state index contributed by atoms with van der Waals surface area (Å²) < 4.78 is 0. The quantitative estimate of drug-likeness (QED) is 0.110. The van der Waals surface area contributed by atoms with Gasteiger partial charge in [-0.25, -0.2) is 0 Å². The lowest BCUT2D eigenvalue weighted by molar-refractivity contribution is 1.41. The Labute approximate surface area is 766 Å². The standard InChI is InChI=1S/C41H28.C33H22.C31H24.2C13H12/c1-27-31-18-8-11-21-34(31)39(35-22-12-9-19-32(27)35)30-24-25-37-38(26-30)33-20-10-13-23-36(33)40(28-14-4-2-5-15-28)41(37)29-16-6-3-7-17-29;1-21-23-10-2-8-16-30(23)33(31-17-9-3-11-24(21)31)22-18-19-29-27-14-5-4-12-25(27)26-13-6-7-15-28(26)32(29)20-22;1-19-20(2)26-17-16-22(18-30(26)27-13-7-4-10-23(19)27)31-28-14-8-5-11-24(28)21(3)25-12-6-9-15-29(25)31;1-11-6-5-9-13(10-11)12-7-3-2-4-8-12;1-11-7-9-13(10-8-11)12-5-3-2-4-6-12/h2-26H,1H3;2-20H,1H3;4-18H,1-3H3;2*2-10H,1H3. The highest BCUT2D eigenvalue weighted by atomic mass is 14.3. The van der Waals surface area contributed by atoms with E-state index in [-0.39, 0.29) is 0 Å². The first-order valence-electron chi connectivity index (χ1n) is 45.8. The van der Waals surface area contributed by atoms with Crippen molar-refractivity contribution in [3.05, 3.63) is 506 Å². The number of hydrogen-bond acceptors (Lipinski definition) is 0. The van der Waals surface area contributed by atoms with Gasteiger partial charge in [-0.3, -0.25) is 0 Å². The summed E-state index contributed by atoms with van der Waals surface area (Å²) in [5.74, 6) is 0. The summed E-state index contributed by atoms with van der Waals surface area (Å²) in [6.07, 6.45) is 0. The average molecular weight is 1670 g/mol. The predicted octanol–water partition coefficient (Wildman–Crippen LogP) is 37.3. The molecule has 622 valence electrons. The highest BCUT2D eigenvalue weighted by molar-refractivity contribution is 6.28. The van der Waals surface area contributed by atoms with E-state index in [4.69, 9.17) is 0 Å². The molecule has 0 aliphatic heterocycles. The maximum absolute atomic E-state index is 2.43. The summed E-state index contributed by atoms with van der Waals surface area (Å²) in [5, 5.41) is 34.2. The van der Waals surface area contributed by atoms with Crippen LogP contribution in [0, 0.1) is 48.5 Å². The van der Waals surface area contributed by atoms with E-state index in [9.17, 15) is 0 Å². The van der Waals surface area contributed by atoms with Gasteiger partial charge in [-0.2, -0.15) is 0 Å². The van der Waals surface area contributed by atoms with Gasteiger partial charge >= 0.3 is 0 Å². The zero-order valence-electron chi connectivity index (χ0n) is 75.0. The van der Waals surface area contributed by atoms with Gasteiger partial charge in [-0.05, 0) is 312 Å². The Morgan fingerprint density at radius 3 is 0.618 bits per heavy atom. The number of rotatable bonds is 7. The van der Waals surface area contributed by atoms with Gasteiger partial charge in [0, 0.05) is 0 Å². The van der Waals surface area contributed by atoms with Crippen LogP contribution in [0.2, 0.25) is 0 Å². The highest BCUT2D eigenvalue weighted by Gasteiger charge is 2.23. The van der Waals surface area contributed by atoms with Gasteiger partial charge in [0.2, 0.25) is 0 Å². The van der Waals surface area contributed by atoms with Crippen molar-refractivity contribution in [3.8, 4) is 77.9 Å². The largest absolute Gasteiger partial charge is 0.0622 e. The molecule has 0 amide bonds. The fourth-order valence-electron chi connectivity index (χ4n) is 20.7. The number of hydrogen-bond donors (Lipinski definition) is 0. The first kappa shape index (κ1) is 81.9. The van der Waals surface area contributed by atoms with Gasteiger partial charge in [-0.1, -0.05) is 460 Å². The van der Waals surface area contributed by atoms with Crippen molar-refractivity contribution in [2.75, 3.05) is 0 Å². The Kier molecular flexibility index (Phi) is 22.3. The number of aryl methyl sites for hydroxylation is 7. The molecular weight excluding hydrogens is 1570 g/mol. The molecule has 0 N–H and O–H groups in total. The molecule has 25 aromatic rings. The van der Waals surface area contributed by atoms with Crippen molar-refractivity contribution in [2.24, 2.45) is 0 Å². The molecule has 0 atom stereocenters. The molecule has 0 nitrogen and oxygen atoms in total. The minimum Gasteiger partial charge on any atom is -0.0622 e. The zero-order valence-corrected chi connectivity index (χ0v) is 75.0. The second-order valence-corrected chi connectivity index (χ2v) is 34.9. The molecule has 0 aromatic heterocycles. The summed E-state index contributed by atoms with van der Waals surface area (Å²) in [6.45, 7) is 15.5. The molecule has 0 saturated carbocycles. The maximum Gasteiger partial charge on any atom is -0.00203 e. The van der Waals surface area contributed by atoms with Crippen LogP contribution < -0.4 is 0 Å². The van der Waals surface area contributed by atoms with Gasteiger partial charge in [0.1, 0.15) is 0 Å². The topological polar surface area (TPSA) is 0 Å². The van der Waals surface area contributed by atoms with Crippen molar-refractivity contribution in [1.29, 1.82) is 0 Å². The van der Waals surface area contributed by atoms with E-state index in [0.717, 1.165) is 0 Å². The Hall–Kier alpha value is -16.1. The van der Waals surface area contributed by atoms with Crippen molar-refractivity contribution in [1.82, 2.24) is 0 Å². The molecule has 0 unspecified atom stereocenters. The summed E-state index contributed by atoms with van der Waals surface area (Å²) in [5.41, 5.74) is 27.4. The summed E-state index contributed by atoms with van der Waals surface area (Å²) in [7, 11) is 0. The van der Waals surface area contributed by atoms with E-state index in [1.165, 1.54) is 257 Å². The van der Waals surface area contributed by atoms with Gasteiger partial charge in [-0.15, -0.1) is 0 Å². The lowest BCUT2D eigenvalue weighted by atomic mass is 9.83. The van der Waals surface area contributed by atoms with Gasteiger partial charge in [0.05, 0.1) is 0 Å². The fourth-order valence-corrected chi connectivity index (χ4v) is 20.7. The molecule has 131 heavy (non-hydrogen) atoms. The summed E-state index contributed by atoms with van der Waals surface area (Å²) in [6, 6.07) is 169. The molecule has 0 saturated heterocycles. The molecule has 0 fully saturated rings. The van der Waals surface area contributed by atoms with E-state index in [1.807, 2.05) is 12.1 Å². The van der Waals surface area contributed by atoms with E-state index < -0.39 is 0 Å².